The van der Waals surface area contributed by atoms with E-state index in [2.05, 4.69) is 46.2 Å². The Kier molecular flexibility index (Phi) is 9.31. The summed E-state index contributed by atoms with van der Waals surface area (Å²) in [6.07, 6.45) is 2.43. The number of aryl methyl sites for hydroxylation is 4. The molecule has 7 nitrogen and oxygen atoms in total. The first-order valence-corrected chi connectivity index (χ1v) is 14.1. The molecule has 0 bridgehead atoms. The topological polar surface area (TPSA) is 99.4 Å². The first kappa shape index (κ1) is 30.0. The molecule has 0 spiro atoms. The van der Waals surface area contributed by atoms with Gasteiger partial charge in [0.25, 0.3) is 5.91 Å². The van der Waals surface area contributed by atoms with Crippen LogP contribution in [0.3, 0.4) is 0 Å². The van der Waals surface area contributed by atoms with Gasteiger partial charge in [-0.3, -0.25) is 4.79 Å². The number of nitrogens with one attached hydrogen (secondary N) is 2. The summed E-state index contributed by atoms with van der Waals surface area (Å²) >= 11 is 0. The molecule has 0 aliphatic rings. The molecule has 0 saturated carbocycles. The van der Waals surface area contributed by atoms with Gasteiger partial charge in [0.15, 0.2) is 0 Å². The summed E-state index contributed by atoms with van der Waals surface area (Å²) < 4.78 is 2.09. The second-order valence-electron chi connectivity index (χ2n) is 11.6. The molecule has 4 rings (SSSR count). The van der Waals surface area contributed by atoms with Gasteiger partial charge in [0.05, 0.1) is 6.10 Å². The summed E-state index contributed by atoms with van der Waals surface area (Å²) in [5.41, 5.74) is 7.31. The second-order valence-corrected chi connectivity index (χ2v) is 11.6. The number of nitrogens with zero attached hydrogens (tertiary/aromatic N) is 2. The Labute approximate surface area is 243 Å². The number of benzene rings is 2. The summed E-state index contributed by atoms with van der Waals surface area (Å²) in [5, 5.41) is 27.2. The van der Waals surface area contributed by atoms with Crippen LogP contribution >= 0.6 is 0 Å². The lowest BCUT2D eigenvalue weighted by Crippen LogP contribution is -2.43. The number of hydrogen-bond donors (Lipinski definition) is 4. The van der Waals surface area contributed by atoms with Gasteiger partial charge in [-0.05, 0) is 113 Å². The van der Waals surface area contributed by atoms with Gasteiger partial charge in [-0.15, -0.1) is 0 Å². The van der Waals surface area contributed by atoms with Crippen LogP contribution in [0.1, 0.15) is 69.5 Å². The van der Waals surface area contributed by atoms with Gasteiger partial charge in [-0.25, -0.2) is 4.98 Å². The summed E-state index contributed by atoms with van der Waals surface area (Å²) in [6.45, 7) is 13.0. The average Bonchev–Trinajstić information content (AvgIpc) is 3.27. The van der Waals surface area contributed by atoms with Crippen LogP contribution in [-0.4, -0.2) is 44.3 Å². The lowest BCUT2D eigenvalue weighted by atomic mass is 9.93. The standard InChI is InChI=1S/C34H42N4O3/c1-22-17-30(39)23(2)16-27(22)14-15-35-33(41)28-9-7-8-26(18-28)19-34(5,6)37-21-31(40)29-12-13-32(36-20-29)38-24(3)10-11-25(38)4/h7-13,16-18,20,31,37,39-40H,14-15,19,21H2,1-6H3,(H,35,41)/t31-/m1/s1. The number of carbonyl (C=O) groups excluding carboxylic acids is 1. The van der Waals surface area contributed by atoms with E-state index in [0.717, 1.165) is 45.0 Å². The molecule has 1 amide bonds. The van der Waals surface area contributed by atoms with Gasteiger partial charge in [0, 0.05) is 47.3 Å². The fourth-order valence-corrected chi connectivity index (χ4v) is 5.19. The van der Waals surface area contributed by atoms with E-state index in [1.807, 2.05) is 70.2 Å². The third-order valence-corrected chi connectivity index (χ3v) is 7.60. The maximum absolute atomic E-state index is 12.9. The van der Waals surface area contributed by atoms with Crippen molar-refractivity contribution in [2.45, 2.75) is 66.0 Å². The van der Waals surface area contributed by atoms with E-state index in [1.165, 1.54) is 0 Å². The first-order chi connectivity index (χ1) is 19.4. The number of aliphatic hydroxyl groups is 1. The Hall–Kier alpha value is -3.94. The predicted octanol–water partition coefficient (Wildman–Crippen LogP) is 5.43. The Bertz CT molecular complexity index is 1490. The monoisotopic (exact) mass is 554 g/mol. The SMILES string of the molecule is Cc1cc(CCNC(=O)c2cccc(CC(C)(C)NC[C@@H](O)c3ccc(-n4c(C)ccc4C)nc3)c2)c(C)cc1O. The normalized spacial score (nSPS) is 12.4. The molecule has 7 heteroatoms. The van der Waals surface area contributed by atoms with Crippen LogP contribution in [0.4, 0.5) is 0 Å². The van der Waals surface area contributed by atoms with Crippen LogP contribution in [0, 0.1) is 27.7 Å². The molecular weight excluding hydrogens is 512 g/mol. The molecule has 0 saturated heterocycles. The fourth-order valence-electron chi connectivity index (χ4n) is 5.19. The van der Waals surface area contributed by atoms with Crippen molar-refractivity contribution in [1.29, 1.82) is 0 Å². The van der Waals surface area contributed by atoms with Gasteiger partial charge >= 0.3 is 0 Å². The highest BCUT2D eigenvalue weighted by atomic mass is 16.3. The number of phenols is 1. The molecule has 0 aliphatic heterocycles. The summed E-state index contributed by atoms with van der Waals surface area (Å²) in [5.74, 6) is 1.02. The van der Waals surface area contributed by atoms with Gasteiger partial charge in [0.1, 0.15) is 11.6 Å². The highest BCUT2D eigenvalue weighted by molar-refractivity contribution is 5.94. The zero-order chi connectivity index (χ0) is 29.7. The largest absolute Gasteiger partial charge is 0.508 e. The Morgan fingerprint density at radius 3 is 2.39 bits per heavy atom. The average molecular weight is 555 g/mol. The van der Waals surface area contributed by atoms with Crippen molar-refractivity contribution in [3.05, 3.63) is 112 Å². The number of amides is 1. The van der Waals surface area contributed by atoms with E-state index in [4.69, 9.17) is 0 Å². The quantitative estimate of drug-likeness (QED) is 0.198. The Morgan fingerprint density at radius 1 is 0.976 bits per heavy atom. The molecule has 0 fully saturated rings. The smallest absolute Gasteiger partial charge is 0.251 e. The number of carbonyl (C=O) groups is 1. The van der Waals surface area contributed by atoms with Crippen molar-refractivity contribution in [2.75, 3.05) is 13.1 Å². The van der Waals surface area contributed by atoms with Gasteiger partial charge < -0.3 is 25.4 Å². The number of aliphatic hydroxyl groups excluding tert-OH is 1. The van der Waals surface area contributed by atoms with E-state index in [0.29, 0.717) is 37.2 Å². The number of aromatic hydroxyl groups is 1. The molecule has 4 N–H and O–H groups in total. The van der Waals surface area contributed by atoms with E-state index < -0.39 is 6.10 Å². The number of hydrogen-bond acceptors (Lipinski definition) is 5. The van der Waals surface area contributed by atoms with E-state index in [1.54, 1.807) is 12.3 Å². The molecule has 0 aliphatic carbocycles. The minimum absolute atomic E-state index is 0.109. The van der Waals surface area contributed by atoms with E-state index in [9.17, 15) is 15.0 Å². The zero-order valence-corrected chi connectivity index (χ0v) is 25.0. The molecule has 0 radical (unpaired) electrons. The molecule has 2 aromatic heterocycles. The van der Waals surface area contributed by atoms with Gasteiger partial charge in [-0.2, -0.15) is 0 Å². The summed E-state index contributed by atoms with van der Waals surface area (Å²) in [4.78, 5) is 17.4. The fraction of sp³-hybridized carbons (Fsp3) is 0.353. The zero-order valence-electron chi connectivity index (χ0n) is 25.0. The van der Waals surface area contributed by atoms with Gasteiger partial charge in [-0.1, -0.05) is 24.3 Å². The van der Waals surface area contributed by atoms with Crippen molar-refractivity contribution in [2.24, 2.45) is 0 Å². The van der Waals surface area contributed by atoms with Crippen molar-refractivity contribution in [3.63, 3.8) is 0 Å². The Morgan fingerprint density at radius 2 is 1.71 bits per heavy atom. The van der Waals surface area contributed by atoms with Crippen molar-refractivity contribution in [1.82, 2.24) is 20.2 Å². The maximum Gasteiger partial charge on any atom is 0.251 e. The number of phenolic OH excluding ortho intramolecular Hbond substituents is 1. The second kappa shape index (κ2) is 12.7. The minimum atomic E-state index is -0.694. The highest BCUT2D eigenvalue weighted by Gasteiger charge is 2.21. The molecule has 4 aromatic rings. The lowest BCUT2D eigenvalue weighted by molar-refractivity contribution is 0.0954. The molecule has 41 heavy (non-hydrogen) atoms. The van der Waals surface area contributed by atoms with Crippen molar-refractivity contribution >= 4 is 5.91 Å². The van der Waals surface area contributed by atoms with E-state index >= 15 is 0 Å². The molecule has 0 unspecified atom stereocenters. The molecule has 2 heterocycles. The van der Waals surface area contributed by atoms with Crippen LogP contribution in [0.15, 0.2) is 66.9 Å². The first-order valence-electron chi connectivity index (χ1n) is 14.1. The maximum atomic E-state index is 12.9. The highest BCUT2D eigenvalue weighted by Crippen LogP contribution is 2.22. The summed E-state index contributed by atoms with van der Waals surface area (Å²) in [7, 11) is 0. The Balaban J connectivity index is 1.30. The van der Waals surface area contributed by atoms with Crippen LogP contribution in [-0.2, 0) is 12.8 Å². The van der Waals surface area contributed by atoms with Crippen LogP contribution in [0.25, 0.3) is 5.82 Å². The number of aromatic nitrogens is 2. The van der Waals surface area contributed by atoms with Gasteiger partial charge in [0.2, 0.25) is 0 Å². The lowest BCUT2D eigenvalue weighted by Gasteiger charge is -2.28. The molecule has 2 aromatic carbocycles. The molecule has 1 atom stereocenters. The van der Waals surface area contributed by atoms with Crippen LogP contribution < -0.4 is 10.6 Å². The van der Waals surface area contributed by atoms with Crippen LogP contribution in [0.2, 0.25) is 0 Å². The third kappa shape index (κ3) is 7.63. The van der Waals surface area contributed by atoms with Crippen molar-refractivity contribution in [3.8, 4) is 11.6 Å². The third-order valence-electron chi connectivity index (χ3n) is 7.60. The van der Waals surface area contributed by atoms with Crippen molar-refractivity contribution < 1.29 is 15.0 Å². The van der Waals surface area contributed by atoms with E-state index in [-0.39, 0.29) is 11.4 Å². The molecular formula is C34H42N4O3. The summed E-state index contributed by atoms with van der Waals surface area (Å²) in [6, 6.07) is 19.4. The predicted molar refractivity (Wildman–Crippen MR) is 164 cm³/mol. The number of rotatable bonds is 11. The minimum Gasteiger partial charge on any atom is -0.508 e. The number of pyridine rings is 1. The number of β-amino-alcohol motifs (C(OH)–C–C–N with tert-alkyl or cyclic N) is 1. The molecule has 216 valence electrons. The van der Waals surface area contributed by atoms with Crippen LogP contribution in [0.5, 0.6) is 5.75 Å².